The summed E-state index contributed by atoms with van der Waals surface area (Å²) in [5, 5.41) is 0. The maximum atomic E-state index is 11.9. The van der Waals surface area contributed by atoms with Gasteiger partial charge in [0, 0.05) is 13.5 Å². The number of ketones is 1. The number of hydrogen-bond acceptors (Lipinski definition) is 8. The van der Waals surface area contributed by atoms with Crippen molar-refractivity contribution in [1.29, 1.82) is 0 Å². The van der Waals surface area contributed by atoms with Crippen molar-refractivity contribution >= 4 is 20.1 Å². The van der Waals surface area contributed by atoms with Gasteiger partial charge >= 0.3 is 5.97 Å². The van der Waals surface area contributed by atoms with Gasteiger partial charge in [0.1, 0.15) is 24.7 Å². The highest BCUT2D eigenvalue weighted by Crippen LogP contribution is 2.44. The first-order valence-corrected chi connectivity index (χ1v) is 19.5. The zero-order valence-electron chi connectivity index (χ0n) is 31.6. The largest absolute Gasteiger partial charge is 0.497 e. The molecule has 0 radical (unpaired) electrons. The van der Waals surface area contributed by atoms with E-state index in [2.05, 4.69) is 72.3 Å². The highest BCUT2D eigenvalue weighted by molar-refractivity contribution is 6.77. The van der Waals surface area contributed by atoms with Gasteiger partial charge in [-0.05, 0) is 72.0 Å². The lowest BCUT2D eigenvalue weighted by Crippen LogP contribution is -2.51. The number of methoxy groups -OCH3 is 3. The second-order valence-corrected chi connectivity index (χ2v) is 18.9. The first-order chi connectivity index (χ1) is 22.8. The van der Waals surface area contributed by atoms with E-state index in [-0.39, 0.29) is 31.0 Å². The van der Waals surface area contributed by atoms with E-state index in [9.17, 15) is 9.59 Å². The minimum Gasteiger partial charge on any atom is -0.497 e. The third-order valence-corrected chi connectivity index (χ3v) is 15.2. The first-order valence-electron chi connectivity index (χ1n) is 17.4. The van der Waals surface area contributed by atoms with Crippen molar-refractivity contribution in [1.82, 2.24) is 0 Å². The summed E-state index contributed by atoms with van der Waals surface area (Å²) in [7, 11) is 2.43. The van der Waals surface area contributed by atoms with E-state index in [0.717, 1.165) is 29.7 Å². The van der Waals surface area contributed by atoms with E-state index >= 15 is 0 Å². The summed E-state index contributed by atoms with van der Waals surface area (Å²) in [5.74, 6) is 0.388. The molecule has 0 spiro atoms. The Bertz CT molecular complexity index is 1130. The fourth-order valence-corrected chi connectivity index (χ4v) is 12.0. The normalized spacial score (nSPS) is 14.3. The molecule has 0 fully saturated rings. The van der Waals surface area contributed by atoms with Crippen LogP contribution in [-0.2, 0) is 39.6 Å². The van der Waals surface area contributed by atoms with Crippen LogP contribution in [0.4, 0.5) is 0 Å². The molecule has 0 bridgehead atoms. The van der Waals surface area contributed by atoms with Crippen molar-refractivity contribution < 1.29 is 37.7 Å². The monoisotopic (exact) mass is 688 g/mol. The summed E-state index contributed by atoms with van der Waals surface area (Å²) < 4.78 is 34.3. The highest BCUT2D eigenvalue weighted by Gasteiger charge is 2.47. The predicted molar refractivity (Wildman–Crippen MR) is 197 cm³/mol. The number of benzene rings is 1. The minimum atomic E-state index is -2.15. The van der Waals surface area contributed by atoms with Crippen molar-refractivity contribution in [3.05, 3.63) is 65.3 Å². The summed E-state index contributed by atoms with van der Waals surface area (Å²) in [6.45, 7) is 20.0. The van der Waals surface area contributed by atoms with E-state index in [1.807, 2.05) is 36.4 Å². The molecule has 9 heteroatoms. The average Bonchev–Trinajstić information content (AvgIpc) is 3.05. The number of allylic oxidation sites excluding steroid dienone is 4. The van der Waals surface area contributed by atoms with Crippen LogP contribution in [-0.4, -0.2) is 67.5 Å². The van der Waals surface area contributed by atoms with E-state index in [1.54, 1.807) is 14.2 Å². The van der Waals surface area contributed by atoms with Gasteiger partial charge in [-0.2, -0.15) is 0 Å². The number of rotatable bonds is 25. The third-order valence-electron chi connectivity index (χ3n) is 9.06. The summed E-state index contributed by atoms with van der Waals surface area (Å²) in [6.07, 6.45) is 10.7. The van der Waals surface area contributed by atoms with Gasteiger partial charge < -0.3 is 28.1 Å². The molecule has 0 aliphatic carbocycles. The smallest absolute Gasteiger partial charge is 0.313 e. The number of carbonyl (C=O) groups is 2. The maximum absolute atomic E-state index is 11.9. The Kier molecular flexibility index (Phi) is 21.5. The zero-order chi connectivity index (χ0) is 36.1. The van der Waals surface area contributed by atoms with Gasteiger partial charge in [-0.1, -0.05) is 90.5 Å². The van der Waals surface area contributed by atoms with Gasteiger partial charge in [-0.25, -0.2) is 0 Å². The zero-order valence-corrected chi connectivity index (χ0v) is 32.6. The molecule has 272 valence electrons. The van der Waals surface area contributed by atoms with Crippen molar-refractivity contribution in [2.75, 3.05) is 41.3 Å². The van der Waals surface area contributed by atoms with E-state index in [4.69, 9.17) is 23.4 Å². The number of hydrogen-bond donors (Lipinski definition) is 0. The Hall–Kier alpha value is -2.56. The van der Waals surface area contributed by atoms with Gasteiger partial charge in [-0.15, -0.1) is 0 Å². The first kappa shape index (κ1) is 43.5. The molecule has 0 aliphatic rings. The van der Waals surface area contributed by atoms with Crippen LogP contribution in [0.1, 0.15) is 93.1 Å². The summed E-state index contributed by atoms with van der Waals surface area (Å²) in [4.78, 5) is 23.3. The molecule has 0 heterocycles. The van der Waals surface area contributed by atoms with Gasteiger partial charge in [0.2, 0.25) is 8.32 Å². The molecule has 0 unspecified atom stereocenters. The molecular weight excluding hydrogens is 625 g/mol. The molecule has 0 amide bonds. The number of carbonyl (C=O) groups excluding carboxylic acids is 2. The van der Waals surface area contributed by atoms with Crippen molar-refractivity contribution in [3.63, 3.8) is 0 Å². The van der Waals surface area contributed by atoms with Crippen molar-refractivity contribution in [2.24, 2.45) is 5.92 Å². The van der Waals surface area contributed by atoms with Gasteiger partial charge in [-0.3, -0.25) is 9.59 Å². The Morgan fingerprint density at radius 2 is 1.46 bits per heavy atom. The molecule has 0 saturated carbocycles. The summed E-state index contributed by atoms with van der Waals surface area (Å²) >= 11 is 0. The summed E-state index contributed by atoms with van der Waals surface area (Å²) in [6, 6.07) is 7.91. The van der Waals surface area contributed by atoms with E-state index in [1.165, 1.54) is 12.7 Å². The lowest BCUT2D eigenvalue weighted by molar-refractivity contribution is -0.143. The van der Waals surface area contributed by atoms with Crippen LogP contribution in [0.5, 0.6) is 5.75 Å². The molecule has 2 atom stereocenters. The predicted octanol–water partition coefficient (Wildman–Crippen LogP) is 9.15. The number of ether oxygens (including phenoxy) is 5. The number of esters is 1. The molecule has 0 saturated heterocycles. The summed E-state index contributed by atoms with van der Waals surface area (Å²) in [5.41, 5.74) is 4.86. The molecule has 1 aromatic rings. The van der Waals surface area contributed by atoms with Crippen LogP contribution in [0.2, 0.25) is 16.6 Å². The SMILES string of the molecule is COCOC/C(COCc1ccc(OC)cc1)=C(/C)CC[C@H](O[Si](C(C)C)(C(C)C)C(C)C)[C@@H](C)/C=C/C=C/CCC(=O)CC(=O)OC. The topological polar surface area (TPSA) is 89.5 Å². The Balaban J connectivity index is 3.14. The number of Topliss-reactive ketones (excluding diaryl/α,β-unsaturated/α-hetero) is 1. The lowest BCUT2D eigenvalue weighted by atomic mass is 9.96. The highest BCUT2D eigenvalue weighted by atomic mass is 28.4. The van der Waals surface area contributed by atoms with Crippen LogP contribution in [0.3, 0.4) is 0 Å². The van der Waals surface area contributed by atoms with Crippen LogP contribution >= 0.6 is 0 Å². The molecule has 1 aromatic carbocycles. The van der Waals surface area contributed by atoms with Gasteiger partial charge in [0.15, 0.2) is 0 Å². The van der Waals surface area contributed by atoms with Crippen molar-refractivity contribution in [2.45, 2.75) is 117 Å². The average molecular weight is 689 g/mol. The molecule has 48 heavy (non-hydrogen) atoms. The molecular formula is C39H64O8Si. The van der Waals surface area contributed by atoms with Gasteiger partial charge in [0.05, 0.1) is 40.1 Å². The Morgan fingerprint density at radius 3 is 2.02 bits per heavy atom. The maximum Gasteiger partial charge on any atom is 0.313 e. The second-order valence-electron chi connectivity index (χ2n) is 13.5. The van der Waals surface area contributed by atoms with Gasteiger partial charge in [0.25, 0.3) is 0 Å². The van der Waals surface area contributed by atoms with E-state index < -0.39 is 14.3 Å². The Morgan fingerprint density at radius 1 is 0.833 bits per heavy atom. The van der Waals surface area contributed by atoms with Crippen molar-refractivity contribution in [3.8, 4) is 5.75 Å². The standard InChI is InChI=1S/C39H64O8Si/c1-29(2)48(30(3)4,31(5)6)47-38(33(8)16-14-12-13-15-17-36(40)24-39(41)44-11)23-18-32(7)35(27-46-28-42-9)26-45-25-34-19-21-37(43-10)22-20-34/h12-14,16,19-22,29-31,33,38H,15,17-18,23-28H2,1-11H3/b13-12+,16-14+,35-32-/t33-,38-/m0/s1. The quantitative estimate of drug-likeness (QED) is 0.0191. The fraction of sp³-hybridized carbons (Fsp3) is 0.641. The lowest BCUT2D eigenvalue weighted by Gasteiger charge is -2.45. The molecule has 0 aromatic heterocycles. The fourth-order valence-electron chi connectivity index (χ4n) is 6.29. The Labute approximate surface area is 292 Å². The van der Waals surface area contributed by atoms with Crippen LogP contribution in [0.25, 0.3) is 0 Å². The van der Waals surface area contributed by atoms with Crippen LogP contribution in [0, 0.1) is 5.92 Å². The van der Waals surface area contributed by atoms with E-state index in [0.29, 0.717) is 49.3 Å². The minimum absolute atomic E-state index is 0.0338. The van der Waals surface area contributed by atoms with Crippen LogP contribution < -0.4 is 4.74 Å². The molecule has 8 nitrogen and oxygen atoms in total. The third kappa shape index (κ3) is 15.3. The molecule has 0 N–H and O–H groups in total. The van der Waals surface area contributed by atoms with Crippen LogP contribution in [0.15, 0.2) is 59.7 Å². The molecule has 1 rings (SSSR count). The second kappa shape index (κ2) is 23.7. The molecule has 0 aliphatic heterocycles.